The Kier molecular flexibility index (Phi) is 3.72. The van der Waals surface area contributed by atoms with E-state index in [1.54, 1.807) is 0 Å². The van der Waals surface area contributed by atoms with Crippen LogP contribution in [0.1, 0.15) is 13.8 Å². The van der Waals surface area contributed by atoms with Crippen LogP contribution >= 0.6 is 15.9 Å². The van der Waals surface area contributed by atoms with Gasteiger partial charge in [0.1, 0.15) is 10.4 Å². The first-order chi connectivity index (χ1) is 6.09. The van der Waals surface area contributed by atoms with Crippen LogP contribution in [0.15, 0.2) is 22.8 Å². The van der Waals surface area contributed by atoms with Crippen molar-refractivity contribution in [2.24, 2.45) is 5.92 Å². The first-order valence-electron chi connectivity index (χ1n) is 4.43. The summed E-state index contributed by atoms with van der Waals surface area (Å²) in [6.07, 6.45) is 0. The van der Waals surface area contributed by atoms with Gasteiger partial charge in [0.2, 0.25) is 0 Å². The maximum Gasteiger partial charge on any atom is 0.129 e. The summed E-state index contributed by atoms with van der Waals surface area (Å²) in [6, 6.07) is 5.96. The van der Waals surface area contributed by atoms with Gasteiger partial charge in [0, 0.05) is 13.6 Å². The van der Waals surface area contributed by atoms with Crippen molar-refractivity contribution in [3.63, 3.8) is 0 Å². The zero-order valence-corrected chi connectivity index (χ0v) is 9.87. The summed E-state index contributed by atoms with van der Waals surface area (Å²) in [6.45, 7) is 5.44. The third-order valence-electron chi connectivity index (χ3n) is 1.73. The smallest absolute Gasteiger partial charge is 0.129 e. The Bertz CT molecular complexity index is 273. The molecule has 2 nitrogen and oxygen atoms in total. The highest BCUT2D eigenvalue weighted by Crippen LogP contribution is 2.14. The molecule has 0 aliphatic carbocycles. The average molecular weight is 243 g/mol. The predicted molar refractivity (Wildman–Crippen MR) is 60.0 cm³/mol. The molecule has 0 aromatic carbocycles. The first-order valence-corrected chi connectivity index (χ1v) is 5.22. The molecule has 0 radical (unpaired) electrons. The molecule has 3 heteroatoms. The second-order valence-corrected chi connectivity index (χ2v) is 4.41. The molecule has 1 aromatic rings. The van der Waals surface area contributed by atoms with Crippen LogP contribution in [-0.2, 0) is 0 Å². The molecule has 1 rings (SSSR count). The van der Waals surface area contributed by atoms with Gasteiger partial charge in [0.05, 0.1) is 0 Å². The summed E-state index contributed by atoms with van der Waals surface area (Å²) in [5, 5.41) is 0. The van der Waals surface area contributed by atoms with Gasteiger partial charge in [0.25, 0.3) is 0 Å². The van der Waals surface area contributed by atoms with Gasteiger partial charge in [-0.15, -0.1) is 0 Å². The Morgan fingerprint density at radius 2 is 2.15 bits per heavy atom. The monoisotopic (exact) mass is 242 g/mol. The summed E-state index contributed by atoms with van der Waals surface area (Å²) in [5.41, 5.74) is 0. The molecule has 0 N–H and O–H groups in total. The number of nitrogens with zero attached hydrogens (tertiary/aromatic N) is 2. The average Bonchev–Trinajstić information content (AvgIpc) is 2.03. The van der Waals surface area contributed by atoms with Crippen molar-refractivity contribution in [1.29, 1.82) is 0 Å². The molecule has 0 bridgehead atoms. The third kappa shape index (κ3) is 3.35. The van der Waals surface area contributed by atoms with Crippen LogP contribution in [0.3, 0.4) is 0 Å². The Hall–Kier alpha value is -0.570. The highest BCUT2D eigenvalue weighted by molar-refractivity contribution is 9.10. The normalized spacial score (nSPS) is 10.5. The minimum Gasteiger partial charge on any atom is -0.359 e. The molecule has 0 spiro atoms. The van der Waals surface area contributed by atoms with Crippen LogP contribution in [0.4, 0.5) is 5.82 Å². The molecule has 0 amide bonds. The number of hydrogen-bond donors (Lipinski definition) is 0. The Labute approximate surface area is 88.1 Å². The summed E-state index contributed by atoms with van der Waals surface area (Å²) >= 11 is 3.36. The number of hydrogen-bond acceptors (Lipinski definition) is 2. The maximum absolute atomic E-state index is 4.37. The van der Waals surface area contributed by atoms with Gasteiger partial charge in [-0.05, 0) is 34.0 Å². The summed E-state index contributed by atoms with van der Waals surface area (Å²) in [5.74, 6) is 1.67. The lowest BCUT2D eigenvalue weighted by Gasteiger charge is -2.20. The van der Waals surface area contributed by atoms with Crippen LogP contribution in [0.2, 0.25) is 0 Å². The number of anilines is 1. The quantitative estimate of drug-likeness (QED) is 0.759. The number of rotatable bonds is 3. The Morgan fingerprint density at radius 1 is 1.46 bits per heavy atom. The van der Waals surface area contributed by atoms with Crippen molar-refractivity contribution in [2.45, 2.75) is 13.8 Å². The summed E-state index contributed by atoms with van der Waals surface area (Å²) in [7, 11) is 2.06. The van der Waals surface area contributed by atoms with Crippen LogP contribution in [0.5, 0.6) is 0 Å². The standard InChI is InChI=1S/C10H15BrN2/c1-8(2)7-13(3)10-6-4-5-9(11)12-10/h4-6,8H,7H2,1-3H3. The lowest BCUT2D eigenvalue weighted by molar-refractivity contribution is 0.634. The molecule has 0 atom stereocenters. The van der Waals surface area contributed by atoms with Crippen molar-refractivity contribution < 1.29 is 0 Å². The topological polar surface area (TPSA) is 16.1 Å². The molecule has 0 saturated heterocycles. The molecular formula is C10H15BrN2. The van der Waals surface area contributed by atoms with E-state index >= 15 is 0 Å². The number of aromatic nitrogens is 1. The van der Waals surface area contributed by atoms with Crippen molar-refractivity contribution in [3.05, 3.63) is 22.8 Å². The largest absolute Gasteiger partial charge is 0.359 e. The molecular weight excluding hydrogens is 228 g/mol. The minimum atomic E-state index is 0.658. The van der Waals surface area contributed by atoms with Crippen LogP contribution < -0.4 is 4.90 Å². The van der Waals surface area contributed by atoms with Gasteiger partial charge in [-0.3, -0.25) is 0 Å². The fourth-order valence-corrected chi connectivity index (χ4v) is 1.59. The van der Waals surface area contributed by atoms with Gasteiger partial charge >= 0.3 is 0 Å². The Balaban J connectivity index is 2.71. The fourth-order valence-electron chi connectivity index (χ4n) is 1.25. The first kappa shape index (κ1) is 10.5. The molecule has 0 fully saturated rings. The van der Waals surface area contributed by atoms with Crippen molar-refractivity contribution in [1.82, 2.24) is 4.98 Å². The van der Waals surface area contributed by atoms with Crippen molar-refractivity contribution in [3.8, 4) is 0 Å². The van der Waals surface area contributed by atoms with E-state index in [2.05, 4.69) is 46.7 Å². The SMILES string of the molecule is CC(C)CN(C)c1cccc(Br)n1. The van der Waals surface area contributed by atoms with E-state index in [9.17, 15) is 0 Å². The second-order valence-electron chi connectivity index (χ2n) is 3.59. The number of halogens is 1. The van der Waals surface area contributed by atoms with E-state index in [1.807, 2.05) is 18.2 Å². The van der Waals surface area contributed by atoms with E-state index < -0.39 is 0 Å². The molecule has 0 saturated carbocycles. The predicted octanol–water partition coefficient (Wildman–Crippen LogP) is 2.94. The molecule has 1 heterocycles. The molecule has 13 heavy (non-hydrogen) atoms. The number of pyridine rings is 1. The van der Waals surface area contributed by atoms with E-state index in [4.69, 9.17) is 0 Å². The van der Waals surface area contributed by atoms with Crippen LogP contribution in [0, 0.1) is 5.92 Å². The van der Waals surface area contributed by atoms with Gasteiger partial charge in [-0.25, -0.2) is 4.98 Å². The highest BCUT2D eigenvalue weighted by atomic mass is 79.9. The zero-order valence-electron chi connectivity index (χ0n) is 8.29. The zero-order chi connectivity index (χ0) is 9.84. The molecule has 0 aliphatic rings. The minimum absolute atomic E-state index is 0.658. The lowest BCUT2D eigenvalue weighted by Crippen LogP contribution is -2.23. The molecule has 0 unspecified atom stereocenters. The molecule has 1 aromatic heterocycles. The highest BCUT2D eigenvalue weighted by Gasteiger charge is 2.04. The third-order valence-corrected chi connectivity index (χ3v) is 2.17. The second kappa shape index (κ2) is 4.61. The van der Waals surface area contributed by atoms with E-state index in [1.165, 1.54) is 0 Å². The van der Waals surface area contributed by atoms with Gasteiger partial charge in [-0.2, -0.15) is 0 Å². The molecule has 72 valence electrons. The van der Waals surface area contributed by atoms with Crippen molar-refractivity contribution >= 4 is 21.7 Å². The van der Waals surface area contributed by atoms with E-state index in [0.717, 1.165) is 17.0 Å². The van der Waals surface area contributed by atoms with Crippen LogP contribution in [0.25, 0.3) is 0 Å². The van der Waals surface area contributed by atoms with Crippen molar-refractivity contribution in [2.75, 3.05) is 18.5 Å². The fraction of sp³-hybridized carbons (Fsp3) is 0.500. The van der Waals surface area contributed by atoms with Gasteiger partial charge in [-0.1, -0.05) is 19.9 Å². The van der Waals surface area contributed by atoms with E-state index in [-0.39, 0.29) is 0 Å². The molecule has 0 aliphatic heterocycles. The van der Waals surface area contributed by atoms with Crippen LogP contribution in [-0.4, -0.2) is 18.6 Å². The lowest BCUT2D eigenvalue weighted by atomic mass is 10.2. The van der Waals surface area contributed by atoms with Gasteiger partial charge < -0.3 is 4.90 Å². The van der Waals surface area contributed by atoms with Gasteiger partial charge in [0.15, 0.2) is 0 Å². The summed E-state index contributed by atoms with van der Waals surface area (Å²) in [4.78, 5) is 6.53. The summed E-state index contributed by atoms with van der Waals surface area (Å²) < 4.78 is 0.889. The Morgan fingerprint density at radius 3 is 2.69 bits per heavy atom. The van der Waals surface area contributed by atoms with E-state index in [0.29, 0.717) is 5.92 Å². The maximum atomic E-state index is 4.37.